The van der Waals surface area contributed by atoms with Gasteiger partial charge in [-0.3, -0.25) is 0 Å². The maximum Gasteiger partial charge on any atom is 0.0631 e. The molecule has 1 aliphatic rings. The minimum atomic E-state index is 0.508. The molecule has 1 aliphatic heterocycles. The van der Waals surface area contributed by atoms with E-state index in [1.54, 1.807) is 0 Å². The summed E-state index contributed by atoms with van der Waals surface area (Å²) in [4.78, 5) is 2.41. The molecule has 1 heterocycles. The molecule has 1 fully saturated rings. The van der Waals surface area contributed by atoms with Crippen molar-refractivity contribution in [3.05, 3.63) is 27.1 Å². The molecule has 0 aromatic heterocycles. The maximum atomic E-state index is 3.65. The second-order valence-electron chi connectivity index (χ2n) is 5.17. The second-order valence-corrected chi connectivity index (χ2v) is 6.88. The highest BCUT2D eigenvalue weighted by atomic mass is 79.9. The lowest BCUT2D eigenvalue weighted by molar-refractivity contribution is 0.208. The first-order valence-corrected chi connectivity index (χ1v) is 8.05. The Bertz CT molecular complexity index is 381. The molecule has 0 saturated carbocycles. The van der Waals surface area contributed by atoms with Crippen molar-refractivity contribution in [3.63, 3.8) is 0 Å². The molecule has 4 heteroatoms. The molecule has 18 heavy (non-hydrogen) atoms. The van der Waals surface area contributed by atoms with Crippen molar-refractivity contribution in [3.8, 4) is 0 Å². The van der Waals surface area contributed by atoms with Crippen LogP contribution in [0.2, 0.25) is 0 Å². The number of nitrogens with one attached hydrogen (secondary N) is 1. The van der Waals surface area contributed by atoms with E-state index < -0.39 is 0 Å². The standard InChI is InChI=1S/C14H20Br2N2/c1-10(11-6-8-18(2)9-7-11)17-14-12(15)4-3-5-13(14)16/h3-5,10-11,17H,6-9H2,1-2H3. The van der Waals surface area contributed by atoms with Crippen molar-refractivity contribution in [2.24, 2.45) is 5.92 Å². The molecule has 1 aromatic carbocycles. The molecule has 0 radical (unpaired) electrons. The van der Waals surface area contributed by atoms with E-state index in [1.807, 2.05) is 6.07 Å². The molecule has 1 atom stereocenters. The summed E-state index contributed by atoms with van der Waals surface area (Å²) in [6.07, 6.45) is 2.57. The first-order chi connectivity index (χ1) is 8.58. The zero-order valence-corrected chi connectivity index (χ0v) is 14.1. The molecule has 100 valence electrons. The third-order valence-electron chi connectivity index (χ3n) is 3.81. The highest BCUT2D eigenvalue weighted by molar-refractivity contribution is 9.11. The minimum Gasteiger partial charge on any atom is -0.380 e. The third kappa shape index (κ3) is 3.49. The Morgan fingerprint density at radius 2 is 1.78 bits per heavy atom. The summed E-state index contributed by atoms with van der Waals surface area (Å²) in [6.45, 7) is 4.73. The average Bonchev–Trinajstić information content (AvgIpc) is 2.34. The van der Waals surface area contributed by atoms with Gasteiger partial charge in [-0.2, -0.15) is 0 Å². The van der Waals surface area contributed by atoms with E-state index in [1.165, 1.54) is 31.6 Å². The first kappa shape index (κ1) is 14.4. The van der Waals surface area contributed by atoms with E-state index in [2.05, 4.69) is 68.2 Å². The first-order valence-electron chi connectivity index (χ1n) is 6.47. The molecule has 1 unspecified atom stereocenters. The van der Waals surface area contributed by atoms with Gasteiger partial charge in [0.25, 0.3) is 0 Å². The van der Waals surface area contributed by atoms with Gasteiger partial charge in [-0.1, -0.05) is 6.07 Å². The monoisotopic (exact) mass is 374 g/mol. The van der Waals surface area contributed by atoms with Crippen LogP contribution in [0.1, 0.15) is 19.8 Å². The van der Waals surface area contributed by atoms with Crippen LogP contribution >= 0.6 is 31.9 Å². The number of nitrogens with zero attached hydrogens (tertiary/aromatic N) is 1. The molecule has 1 saturated heterocycles. The van der Waals surface area contributed by atoms with Crippen LogP contribution in [-0.4, -0.2) is 31.1 Å². The van der Waals surface area contributed by atoms with Crippen molar-refractivity contribution in [2.45, 2.75) is 25.8 Å². The van der Waals surface area contributed by atoms with Gasteiger partial charge < -0.3 is 10.2 Å². The fourth-order valence-electron chi connectivity index (χ4n) is 2.51. The van der Waals surface area contributed by atoms with Crippen LogP contribution in [0.3, 0.4) is 0 Å². The Kier molecular flexibility index (Phi) is 5.10. The number of halogens is 2. The number of para-hydroxylation sites is 1. The number of likely N-dealkylation sites (tertiary alicyclic amines) is 1. The zero-order valence-electron chi connectivity index (χ0n) is 10.9. The van der Waals surface area contributed by atoms with Gasteiger partial charge in [-0.25, -0.2) is 0 Å². The van der Waals surface area contributed by atoms with E-state index in [4.69, 9.17) is 0 Å². The van der Waals surface area contributed by atoms with Crippen LogP contribution in [0.4, 0.5) is 5.69 Å². The second kappa shape index (κ2) is 6.40. The molecule has 0 aliphatic carbocycles. The average molecular weight is 376 g/mol. The highest BCUT2D eigenvalue weighted by Gasteiger charge is 2.22. The van der Waals surface area contributed by atoms with E-state index in [0.717, 1.165) is 14.9 Å². The third-order valence-corrected chi connectivity index (χ3v) is 5.13. The summed E-state index contributed by atoms with van der Waals surface area (Å²) >= 11 is 7.22. The van der Waals surface area contributed by atoms with E-state index in [-0.39, 0.29) is 0 Å². The predicted octanol–water partition coefficient (Wildman–Crippen LogP) is 4.35. The fourth-order valence-corrected chi connectivity index (χ4v) is 3.74. The Labute approximate surface area is 126 Å². The number of hydrogen-bond acceptors (Lipinski definition) is 2. The zero-order chi connectivity index (χ0) is 13.1. The largest absolute Gasteiger partial charge is 0.380 e. The van der Waals surface area contributed by atoms with E-state index in [0.29, 0.717) is 6.04 Å². The van der Waals surface area contributed by atoms with Crippen LogP contribution in [0.5, 0.6) is 0 Å². The quantitative estimate of drug-likeness (QED) is 0.844. The summed E-state index contributed by atoms with van der Waals surface area (Å²) in [7, 11) is 2.21. The van der Waals surface area contributed by atoms with Crippen molar-refractivity contribution in [1.29, 1.82) is 0 Å². The lowest BCUT2D eigenvalue weighted by Crippen LogP contribution is -2.37. The Balaban J connectivity index is 2.00. The lowest BCUT2D eigenvalue weighted by atomic mass is 9.90. The van der Waals surface area contributed by atoms with Gasteiger partial charge in [0.2, 0.25) is 0 Å². The Hall–Kier alpha value is -0.0600. The summed E-state index contributed by atoms with van der Waals surface area (Å²) in [5, 5.41) is 3.65. The van der Waals surface area contributed by atoms with Crippen LogP contribution in [-0.2, 0) is 0 Å². The van der Waals surface area contributed by atoms with Crippen LogP contribution in [0, 0.1) is 5.92 Å². The molecule has 2 nitrogen and oxygen atoms in total. The van der Waals surface area contributed by atoms with E-state index >= 15 is 0 Å². The molecule has 1 N–H and O–H groups in total. The molecular formula is C14H20Br2N2. The van der Waals surface area contributed by atoms with E-state index in [9.17, 15) is 0 Å². The van der Waals surface area contributed by atoms with Gasteiger partial charge in [-0.05, 0) is 89.8 Å². The summed E-state index contributed by atoms with van der Waals surface area (Å²) in [5.74, 6) is 0.764. The topological polar surface area (TPSA) is 15.3 Å². The molecule has 0 bridgehead atoms. The lowest BCUT2D eigenvalue weighted by Gasteiger charge is -2.33. The Morgan fingerprint density at radius 1 is 1.22 bits per heavy atom. The van der Waals surface area contributed by atoms with Gasteiger partial charge >= 0.3 is 0 Å². The summed E-state index contributed by atoms with van der Waals surface area (Å²) in [6, 6.07) is 6.70. The van der Waals surface area contributed by atoms with Crippen molar-refractivity contribution in [1.82, 2.24) is 4.90 Å². The number of anilines is 1. The minimum absolute atomic E-state index is 0.508. The molecule has 1 aromatic rings. The molecule has 0 spiro atoms. The van der Waals surface area contributed by atoms with Gasteiger partial charge in [0.1, 0.15) is 0 Å². The van der Waals surface area contributed by atoms with Gasteiger partial charge in [0, 0.05) is 15.0 Å². The number of benzene rings is 1. The van der Waals surface area contributed by atoms with Gasteiger partial charge in [-0.15, -0.1) is 0 Å². The van der Waals surface area contributed by atoms with Crippen molar-refractivity contribution < 1.29 is 0 Å². The SMILES string of the molecule is CC(Nc1c(Br)cccc1Br)C1CCN(C)CC1. The van der Waals surface area contributed by atoms with Crippen molar-refractivity contribution in [2.75, 3.05) is 25.5 Å². The smallest absolute Gasteiger partial charge is 0.0631 e. The van der Waals surface area contributed by atoms with Crippen LogP contribution in [0.15, 0.2) is 27.1 Å². The van der Waals surface area contributed by atoms with Gasteiger partial charge in [0.05, 0.1) is 5.69 Å². The molecular weight excluding hydrogens is 356 g/mol. The summed E-state index contributed by atoms with van der Waals surface area (Å²) < 4.78 is 2.24. The van der Waals surface area contributed by atoms with Crippen molar-refractivity contribution >= 4 is 37.5 Å². The maximum absolute atomic E-state index is 3.65. The normalized spacial score (nSPS) is 19.8. The highest BCUT2D eigenvalue weighted by Crippen LogP contribution is 2.33. The fraction of sp³-hybridized carbons (Fsp3) is 0.571. The number of rotatable bonds is 3. The van der Waals surface area contributed by atoms with Crippen LogP contribution < -0.4 is 5.32 Å². The number of hydrogen-bond donors (Lipinski definition) is 1. The summed E-state index contributed by atoms with van der Waals surface area (Å²) in [5.41, 5.74) is 1.17. The Morgan fingerprint density at radius 3 is 2.33 bits per heavy atom. The molecule has 2 rings (SSSR count). The van der Waals surface area contributed by atoms with Crippen LogP contribution in [0.25, 0.3) is 0 Å². The number of piperidine rings is 1. The van der Waals surface area contributed by atoms with Gasteiger partial charge in [0.15, 0.2) is 0 Å². The molecule has 0 amide bonds. The predicted molar refractivity (Wildman–Crippen MR) is 85.1 cm³/mol.